The molecule has 0 aliphatic carbocycles. The molecule has 0 spiro atoms. The van der Waals surface area contributed by atoms with Crippen LogP contribution in [0.25, 0.3) is 0 Å². The summed E-state index contributed by atoms with van der Waals surface area (Å²) >= 11 is 2.89. The van der Waals surface area contributed by atoms with E-state index in [1.165, 1.54) is 6.08 Å². The first-order valence-corrected chi connectivity index (χ1v) is 3.43. The number of carboxylic acids is 1. The van der Waals surface area contributed by atoms with Gasteiger partial charge in [0, 0.05) is 6.08 Å². The molecule has 1 rings (SSSR count). The predicted octanol–water partition coefficient (Wildman–Crippen LogP) is 0.791. The summed E-state index contributed by atoms with van der Waals surface area (Å²) in [6, 6.07) is 0. The normalized spacial score (nSPS) is 19.9. The number of cyclic esters (lactones) is 1. The van der Waals surface area contributed by atoms with E-state index in [1.807, 2.05) is 0 Å². The molecule has 0 fully saturated rings. The monoisotopic (exact) mass is 218 g/mol. The van der Waals surface area contributed by atoms with E-state index in [0.29, 0.717) is 0 Å². The van der Waals surface area contributed by atoms with Crippen LogP contribution in [0.4, 0.5) is 0 Å². The first-order valence-electron chi connectivity index (χ1n) is 2.63. The molecule has 0 aromatic carbocycles. The van der Waals surface area contributed by atoms with Crippen molar-refractivity contribution in [1.82, 2.24) is 0 Å². The number of rotatable bonds is 1. The molecule has 0 atom stereocenters. The topological polar surface area (TPSA) is 63.6 Å². The molecule has 58 valence electrons. The highest BCUT2D eigenvalue weighted by Gasteiger charge is 2.18. The Hall–Kier alpha value is -1.10. The Morgan fingerprint density at radius 1 is 1.73 bits per heavy atom. The minimum Gasteiger partial charge on any atom is -0.478 e. The van der Waals surface area contributed by atoms with Gasteiger partial charge in [-0.15, -0.1) is 0 Å². The van der Waals surface area contributed by atoms with E-state index >= 15 is 0 Å². The molecule has 1 aliphatic heterocycles. The standard InChI is InChI=1S/C6H3BrO4/c7-4-1-3(2-5(8)9)11-6(4)10/h1-2H,(H,8,9)/b3-2+. The Morgan fingerprint density at radius 2 is 2.36 bits per heavy atom. The number of esters is 1. The highest BCUT2D eigenvalue weighted by molar-refractivity contribution is 9.12. The lowest BCUT2D eigenvalue weighted by atomic mass is 10.4. The third-order valence-corrected chi connectivity index (χ3v) is 1.49. The summed E-state index contributed by atoms with van der Waals surface area (Å²) in [7, 11) is 0. The lowest BCUT2D eigenvalue weighted by Crippen LogP contribution is -1.95. The van der Waals surface area contributed by atoms with Crippen molar-refractivity contribution in [2.45, 2.75) is 0 Å². The van der Waals surface area contributed by atoms with E-state index < -0.39 is 11.9 Å². The van der Waals surface area contributed by atoms with Gasteiger partial charge in [-0.25, -0.2) is 9.59 Å². The van der Waals surface area contributed by atoms with E-state index in [9.17, 15) is 9.59 Å². The average molecular weight is 219 g/mol. The predicted molar refractivity (Wildman–Crippen MR) is 38.8 cm³/mol. The minimum absolute atomic E-state index is 0.0365. The molecule has 11 heavy (non-hydrogen) atoms. The van der Waals surface area contributed by atoms with Gasteiger partial charge in [-0.3, -0.25) is 0 Å². The smallest absolute Gasteiger partial charge is 0.350 e. The number of aliphatic carboxylic acids is 1. The van der Waals surface area contributed by atoms with Crippen LogP contribution >= 0.6 is 15.9 Å². The molecule has 0 saturated carbocycles. The van der Waals surface area contributed by atoms with Crippen LogP contribution in [-0.4, -0.2) is 17.0 Å². The summed E-state index contributed by atoms with van der Waals surface area (Å²) in [5, 5.41) is 8.23. The molecule has 0 aromatic heterocycles. The molecular weight excluding hydrogens is 216 g/mol. The zero-order chi connectivity index (χ0) is 8.43. The zero-order valence-electron chi connectivity index (χ0n) is 5.20. The largest absolute Gasteiger partial charge is 0.478 e. The maximum Gasteiger partial charge on any atom is 0.350 e. The van der Waals surface area contributed by atoms with Crippen LogP contribution in [0.5, 0.6) is 0 Å². The van der Waals surface area contributed by atoms with Crippen LogP contribution in [0.3, 0.4) is 0 Å². The SMILES string of the molecule is O=C(O)/C=C1\C=C(Br)C(=O)O1. The Balaban J connectivity index is 2.83. The number of carbonyl (C=O) groups is 2. The average Bonchev–Trinajstić information content (AvgIpc) is 2.10. The fourth-order valence-corrected chi connectivity index (χ4v) is 0.868. The van der Waals surface area contributed by atoms with Gasteiger partial charge in [-0.05, 0) is 15.9 Å². The van der Waals surface area contributed by atoms with Crippen LogP contribution in [0, 0.1) is 0 Å². The van der Waals surface area contributed by atoms with Gasteiger partial charge >= 0.3 is 11.9 Å². The summed E-state index contributed by atoms with van der Waals surface area (Å²) in [6.07, 6.45) is 2.11. The summed E-state index contributed by atoms with van der Waals surface area (Å²) < 4.78 is 4.71. The molecule has 0 unspecified atom stereocenters. The molecule has 0 aromatic rings. The number of carboxylic acid groups (broad SMARTS) is 1. The number of halogens is 1. The number of carbonyl (C=O) groups excluding carboxylic acids is 1. The van der Waals surface area contributed by atoms with E-state index in [0.717, 1.165) is 6.08 Å². The molecule has 1 heterocycles. The van der Waals surface area contributed by atoms with Gasteiger partial charge in [0.1, 0.15) is 10.2 Å². The molecule has 0 radical (unpaired) electrons. The van der Waals surface area contributed by atoms with E-state index in [-0.39, 0.29) is 10.2 Å². The second-order valence-corrected chi connectivity index (χ2v) is 2.62. The Morgan fingerprint density at radius 3 is 2.73 bits per heavy atom. The Labute approximate surface area is 70.3 Å². The van der Waals surface area contributed by atoms with Crippen molar-refractivity contribution in [2.75, 3.05) is 0 Å². The third kappa shape index (κ3) is 1.91. The van der Waals surface area contributed by atoms with Crippen molar-refractivity contribution in [3.63, 3.8) is 0 Å². The van der Waals surface area contributed by atoms with Gasteiger partial charge in [-0.1, -0.05) is 0 Å². The molecule has 0 saturated heterocycles. The maximum atomic E-state index is 10.6. The van der Waals surface area contributed by atoms with Crippen LogP contribution in [0.1, 0.15) is 0 Å². The molecule has 0 amide bonds. The molecule has 1 N–H and O–H groups in total. The van der Waals surface area contributed by atoms with Crippen molar-refractivity contribution in [1.29, 1.82) is 0 Å². The Bertz CT molecular complexity index is 276. The first kappa shape index (κ1) is 8.00. The molecule has 4 nitrogen and oxygen atoms in total. The van der Waals surface area contributed by atoms with E-state index in [1.54, 1.807) is 0 Å². The molecule has 0 bridgehead atoms. The molecule has 1 aliphatic rings. The van der Waals surface area contributed by atoms with E-state index in [4.69, 9.17) is 5.11 Å². The number of hydrogen-bond acceptors (Lipinski definition) is 3. The molecule has 5 heteroatoms. The summed E-state index contributed by atoms with van der Waals surface area (Å²) in [5.74, 6) is -1.68. The summed E-state index contributed by atoms with van der Waals surface area (Å²) in [6.45, 7) is 0. The van der Waals surface area contributed by atoms with Crippen LogP contribution in [-0.2, 0) is 14.3 Å². The zero-order valence-corrected chi connectivity index (χ0v) is 6.79. The number of hydrogen-bond donors (Lipinski definition) is 1. The van der Waals surface area contributed by atoms with Gasteiger partial charge in [0.05, 0.1) is 6.08 Å². The van der Waals surface area contributed by atoms with Gasteiger partial charge in [0.2, 0.25) is 0 Å². The highest BCUT2D eigenvalue weighted by atomic mass is 79.9. The van der Waals surface area contributed by atoms with Crippen LogP contribution < -0.4 is 0 Å². The summed E-state index contributed by atoms with van der Waals surface area (Å²) in [4.78, 5) is 20.7. The van der Waals surface area contributed by atoms with Crippen LogP contribution in [0.2, 0.25) is 0 Å². The van der Waals surface area contributed by atoms with Crippen molar-refractivity contribution in [3.05, 3.63) is 22.4 Å². The van der Waals surface area contributed by atoms with Crippen molar-refractivity contribution < 1.29 is 19.4 Å². The van der Waals surface area contributed by atoms with E-state index in [2.05, 4.69) is 20.7 Å². The maximum absolute atomic E-state index is 10.6. The lowest BCUT2D eigenvalue weighted by molar-refractivity contribution is -0.133. The van der Waals surface area contributed by atoms with Gasteiger partial charge in [-0.2, -0.15) is 0 Å². The number of allylic oxidation sites excluding steroid dienone is 1. The number of ether oxygens (including phenoxy) is 1. The summed E-state index contributed by atoms with van der Waals surface area (Å²) in [5.41, 5.74) is 0. The molecular formula is C6H3BrO4. The third-order valence-electron chi connectivity index (χ3n) is 0.940. The lowest BCUT2D eigenvalue weighted by Gasteiger charge is -1.90. The second-order valence-electron chi connectivity index (χ2n) is 1.77. The highest BCUT2D eigenvalue weighted by Crippen LogP contribution is 2.20. The van der Waals surface area contributed by atoms with Gasteiger partial charge in [0.15, 0.2) is 0 Å². The van der Waals surface area contributed by atoms with Gasteiger partial charge < -0.3 is 9.84 Å². The minimum atomic E-state index is -1.15. The quantitative estimate of drug-likeness (QED) is 0.523. The van der Waals surface area contributed by atoms with Crippen molar-refractivity contribution >= 4 is 27.9 Å². The fraction of sp³-hybridized carbons (Fsp3) is 0. The second kappa shape index (κ2) is 2.87. The van der Waals surface area contributed by atoms with Crippen molar-refractivity contribution in [3.8, 4) is 0 Å². The van der Waals surface area contributed by atoms with Crippen LogP contribution in [0.15, 0.2) is 22.4 Å². The van der Waals surface area contributed by atoms with Gasteiger partial charge in [0.25, 0.3) is 0 Å². The fourth-order valence-electron chi connectivity index (χ4n) is 0.562. The van der Waals surface area contributed by atoms with Crippen molar-refractivity contribution in [2.24, 2.45) is 0 Å². The first-order chi connectivity index (χ1) is 5.09. The Kier molecular flexibility index (Phi) is 2.09.